The summed E-state index contributed by atoms with van der Waals surface area (Å²) in [4.78, 5) is 4.05. The van der Waals surface area contributed by atoms with E-state index in [1.54, 1.807) is 21.3 Å². The normalized spacial score (nSPS) is 16.8. The molecule has 29 heavy (non-hydrogen) atoms. The van der Waals surface area contributed by atoms with E-state index in [1.165, 1.54) is 0 Å². The molecule has 0 aromatic carbocycles. The largest absolute Gasteiger partial charge is 0.500 e. The van der Waals surface area contributed by atoms with Crippen molar-refractivity contribution in [1.82, 2.24) is 9.80 Å². The molecular weight excluding hydrogens is 600 g/mol. The summed E-state index contributed by atoms with van der Waals surface area (Å²) >= 11 is 0. The first-order chi connectivity index (χ1) is 12.9. The van der Waals surface area contributed by atoms with Crippen molar-refractivity contribution in [2.75, 3.05) is 34.9 Å². The predicted molar refractivity (Wildman–Crippen MR) is 124 cm³/mol. The van der Waals surface area contributed by atoms with Crippen LogP contribution < -0.4 is 0 Å². The summed E-state index contributed by atoms with van der Waals surface area (Å²) in [7, 11) is 1.27. The Morgan fingerprint density at radius 2 is 1.48 bits per heavy atom. The standard InChI is InChI=1S/C11H22N2O3Si.C8H18OSi2.Pt/c1-11-12(2)8-9-13(11)7-6-10-17(14-3,15-4)16-5;1-7-11(6,8-2)9-10(3,4)5;/h1,8-9,11H,6-7,10H2,2-5H3;7-8H,1-2H2,3-6H3;. The van der Waals surface area contributed by atoms with E-state index in [1.807, 2.05) is 35.7 Å². The summed E-state index contributed by atoms with van der Waals surface area (Å²) in [6.07, 6.45) is 4.82. The van der Waals surface area contributed by atoms with E-state index in [2.05, 4.69) is 44.2 Å². The van der Waals surface area contributed by atoms with Crippen LogP contribution in [-0.2, 0) is 38.5 Å². The molecule has 0 fully saturated rings. The Balaban J connectivity index is 0. The summed E-state index contributed by atoms with van der Waals surface area (Å²) in [6.45, 7) is 23.1. The summed E-state index contributed by atoms with van der Waals surface area (Å²) in [5.41, 5.74) is 3.86. The Kier molecular flexibility index (Phi) is 15.2. The molecular formula is C19H40N2O4PtSi3. The third kappa shape index (κ3) is 11.3. The number of nitrogens with zero attached hydrogens (tertiary/aromatic N) is 2. The van der Waals surface area contributed by atoms with Gasteiger partial charge in [0.25, 0.3) is 0 Å². The average molecular weight is 640 g/mol. The van der Waals surface area contributed by atoms with Gasteiger partial charge in [-0.3, -0.25) is 0 Å². The Morgan fingerprint density at radius 1 is 1.00 bits per heavy atom. The average Bonchev–Trinajstić information content (AvgIpc) is 2.97. The van der Waals surface area contributed by atoms with Crippen LogP contribution in [0.15, 0.2) is 37.0 Å². The molecule has 1 atom stereocenters. The Bertz CT molecular complexity index is 498. The third-order valence-electron chi connectivity index (χ3n) is 4.42. The second-order valence-electron chi connectivity index (χ2n) is 7.82. The monoisotopic (exact) mass is 639 g/mol. The molecule has 10 heteroatoms. The number of hydrogen-bond donors (Lipinski definition) is 0. The second kappa shape index (κ2) is 14.1. The quantitative estimate of drug-likeness (QED) is 0.320. The Morgan fingerprint density at radius 3 is 1.76 bits per heavy atom. The van der Waals surface area contributed by atoms with Gasteiger partial charge in [0, 0.05) is 81.4 Å². The van der Waals surface area contributed by atoms with Crippen molar-refractivity contribution < 1.29 is 38.5 Å². The van der Waals surface area contributed by atoms with Gasteiger partial charge in [0.15, 0.2) is 8.32 Å². The molecule has 1 aliphatic rings. The molecule has 0 bridgehead atoms. The fourth-order valence-corrected chi connectivity index (χ4v) is 10.5. The number of hydrogen-bond acceptors (Lipinski definition) is 6. The maximum Gasteiger partial charge on any atom is 0.500 e. The molecule has 0 spiro atoms. The molecule has 2 radical (unpaired) electrons. The van der Waals surface area contributed by atoms with Crippen molar-refractivity contribution in [3.63, 3.8) is 0 Å². The van der Waals surface area contributed by atoms with Gasteiger partial charge in [-0.15, -0.1) is 13.2 Å². The fourth-order valence-electron chi connectivity index (χ4n) is 2.67. The van der Waals surface area contributed by atoms with Gasteiger partial charge in [0.05, 0.1) is 0 Å². The molecule has 1 rings (SSSR count). The molecule has 0 amide bonds. The molecule has 1 heterocycles. The van der Waals surface area contributed by atoms with Gasteiger partial charge in [-0.25, -0.2) is 0 Å². The molecule has 0 saturated carbocycles. The van der Waals surface area contributed by atoms with E-state index in [0.29, 0.717) is 0 Å². The zero-order chi connectivity index (χ0) is 22.0. The molecule has 0 aromatic rings. The smallest absolute Gasteiger partial charge is 0.450 e. The van der Waals surface area contributed by atoms with Crippen LogP contribution in [0.4, 0.5) is 0 Å². The van der Waals surface area contributed by atoms with Gasteiger partial charge >= 0.3 is 8.80 Å². The molecule has 0 N–H and O–H groups in total. The van der Waals surface area contributed by atoms with E-state index in [9.17, 15) is 0 Å². The first-order valence-electron chi connectivity index (χ1n) is 9.46. The van der Waals surface area contributed by atoms with Crippen LogP contribution in [0.5, 0.6) is 0 Å². The van der Waals surface area contributed by atoms with E-state index in [0.717, 1.165) is 19.0 Å². The summed E-state index contributed by atoms with van der Waals surface area (Å²) in [5.74, 6) is 0. The van der Waals surface area contributed by atoms with Gasteiger partial charge in [-0.2, -0.15) is 0 Å². The van der Waals surface area contributed by atoms with Gasteiger partial charge in [-0.05, 0) is 32.6 Å². The van der Waals surface area contributed by atoms with Crippen molar-refractivity contribution in [1.29, 1.82) is 0 Å². The van der Waals surface area contributed by atoms with E-state index >= 15 is 0 Å². The molecule has 6 nitrogen and oxygen atoms in total. The molecule has 1 unspecified atom stereocenters. The Hall–Kier alpha value is -0.00104. The van der Waals surface area contributed by atoms with Crippen LogP contribution in [0.3, 0.4) is 0 Å². The molecule has 0 aliphatic carbocycles. The SMILES string of the molecule is C=C[Si](C)(C=C)O[Si](C)(C)C.[CH]C1N(C)C=CN1CCC[Si](OC)(OC)OC.[Pt]. The van der Waals surface area contributed by atoms with Crippen LogP contribution in [0.2, 0.25) is 32.2 Å². The van der Waals surface area contributed by atoms with E-state index in [-0.39, 0.29) is 27.2 Å². The zero-order valence-electron chi connectivity index (χ0n) is 19.3. The van der Waals surface area contributed by atoms with Crippen LogP contribution in [0, 0.1) is 6.92 Å². The Labute approximate surface area is 196 Å². The topological polar surface area (TPSA) is 43.4 Å². The first-order valence-corrected chi connectivity index (χ1v) is 17.4. The number of rotatable bonds is 11. The van der Waals surface area contributed by atoms with Gasteiger partial charge in [0.2, 0.25) is 8.32 Å². The van der Waals surface area contributed by atoms with Crippen LogP contribution >= 0.6 is 0 Å². The minimum Gasteiger partial charge on any atom is -0.450 e. The predicted octanol–water partition coefficient (Wildman–Crippen LogP) is 3.87. The van der Waals surface area contributed by atoms with Crippen molar-refractivity contribution in [3.05, 3.63) is 43.9 Å². The summed E-state index contributed by atoms with van der Waals surface area (Å²) in [6, 6.07) is 0.789. The van der Waals surface area contributed by atoms with Crippen molar-refractivity contribution in [2.45, 2.75) is 44.8 Å². The van der Waals surface area contributed by atoms with Gasteiger partial charge < -0.3 is 27.2 Å². The van der Waals surface area contributed by atoms with E-state index in [4.69, 9.17) is 24.3 Å². The fraction of sp³-hybridized carbons (Fsp3) is 0.632. The summed E-state index contributed by atoms with van der Waals surface area (Å²) < 4.78 is 22.1. The van der Waals surface area contributed by atoms with Gasteiger partial charge in [-0.1, -0.05) is 11.4 Å². The van der Waals surface area contributed by atoms with Crippen molar-refractivity contribution in [3.8, 4) is 0 Å². The third-order valence-corrected chi connectivity index (χ3v) is 13.1. The molecule has 0 aromatic heterocycles. The zero-order valence-corrected chi connectivity index (χ0v) is 24.6. The maximum absolute atomic E-state index is 5.98. The minimum atomic E-state index is -2.43. The van der Waals surface area contributed by atoms with Gasteiger partial charge in [0.1, 0.15) is 6.17 Å². The first kappa shape index (κ1) is 31.2. The molecule has 1 aliphatic heterocycles. The van der Waals surface area contributed by atoms with Crippen molar-refractivity contribution >= 4 is 25.4 Å². The van der Waals surface area contributed by atoms with E-state index < -0.39 is 25.4 Å². The molecule has 172 valence electrons. The molecule has 0 saturated heterocycles. The summed E-state index contributed by atoms with van der Waals surface area (Å²) in [5, 5.41) is 0. The minimum absolute atomic E-state index is 0. The van der Waals surface area contributed by atoms with Crippen molar-refractivity contribution in [2.24, 2.45) is 0 Å². The maximum atomic E-state index is 5.98. The van der Waals surface area contributed by atoms with Crippen LogP contribution in [0.25, 0.3) is 0 Å². The van der Waals surface area contributed by atoms with Crippen LogP contribution in [0.1, 0.15) is 6.42 Å². The van der Waals surface area contributed by atoms with Crippen LogP contribution in [-0.4, -0.2) is 76.3 Å². The second-order valence-corrected chi connectivity index (χ2v) is 19.1.